The summed E-state index contributed by atoms with van der Waals surface area (Å²) in [4.78, 5) is 30.6. The molecular formula is C25H27N3O3. The van der Waals surface area contributed by atoms with Gasteiger partial charge in [0, 0.05) is 41.1 Å². The molecule has 1 amide bonds. The lowest BCUT2D eigenvalue weighted by Gasteiger charge is -2.34. The predicted molar refractivity (Wildman–Crippen MR) is 120 cm³/mol. The van der Waals surface area contributed by atoms with Gasteiger partial charge in [-0.15, -0.1) is 0 Å². The van der Waals surface area contributed by atoms with Crippen molar-refractivity contribution in [3.05, 3.63) is 76.3 Å². The highest BCUT2D eigenvalue weighted by molar-refractivity contribution is 6.09. The van der Waals surface area contributed by atoms with Gasteiger partial charge in [-0.2, -0.15) is 0 Å². The highest BCUT2D eigenvalue weighted by atomic mass is 16.5. The molecule has 0 bridgehead atoms. The molecule has 2 aromatic rings. The van der Waals surface area contributed by atoms with E-state index in [0.717, 1.165) is 41.1 Å². The van der Waals surface area contributed by atoms with Crippen LogP contribution < -0.4 is 15.4 Å². The van der Waals surface area contributed by atoms with Crippen molar-refractivity contribution in [2.24, 2.45) is 0 Å². The summed E-state index contributed by atoms with van der Waals surface area (Å²) in [5.74, 6) is 0.668. The summed E-state index contributed by atoms with van der Waals surface area (Å²) < 4.78 is 5.57. The van der Waals surface area contributed by atoms with Crippen LogP contribution >= 0.6 is 0 Å². The zero-order chi connectivity index (χ0) is 22.0. The number of nitrogens with zero attached hydrogens (tertiary/aromatic N) is 1. The second-order valence-corrected chi connectivity index (χ2v) is 7.94. The number of ketones is 1. The summed E-state index contributed by atoms with van der Waals surface area (Å²) in [6.07, 6.45) is 3.80. The van der Waals surface area contributed by atoms with Gasteiger partial charge in [-0.1, -0.05) is 12.1 Å². The third-order valence-corrected chi connectivity index (χ3v) is 5.70. The lowest BCUT2D eigenvalue weighted by atomic mass is 9.75. The number of benzene rings is 1. The Labute approximate surface area is 182 Å². The van der Waals surface area contributed by atoms with Crippen molar-refractivity contribution < 1.29 is 14.3 Å². The Hall–Kier alpha value is -3.41. The molecule has 2 N–H and O–H groups in total. The number of rotatable bonds is 5. The molecule has 0 unspecified atom stereocenters. The van der Waals surface area contributed by atoms with Gasteiger partial charge in [0.2, 0.25) is 0 Å². The molecule has 0 spiro atoms. The molecule has 31 heavy (non-hydrogen) atoms. The van der Waals surface area contributed by atoms with Crippen LogP contribution in [0.15, 0.2) is 65.1 Å². The molecular weight excluding hydrogens is 390 g/mol. The van der Waals surface area contributed by atoms with Gasteiger partial charge in [-0.3, -0.25) is 9.59 Å². The molecule has 1 aliphatic carbocycles. The minimum atomic E-state index is -0.426. The summed E-state index contributed by atoms with van der Waals surface area (Å²) in [6, 6.07) is 11.4. The molecule has 0 saturated heterocycles. The van der Waals surface area contributed by atoms with E-state index in [4.69, 9.17) is 4.74 Å². The first-order valence-electron chi connectivity index (χ1n) is 10.7. The van der Waals surface area contributed by atoms with E-state index in [1.165, 1.54) is 0 Å². The molecule has 4 rings (SSSR count). The molecule has 160 valence electrons. The van der Waals surface area contributed by atoms with E-state index < -0.39 is 5.92 Å². The average Bonchev–Trinajstić information content (AvgIpc) is 2.74. The predicted octanol–water partition coefficient (Wildman–Crippen LogP) is 4.40. The SMILES string of the molecule is CCOc1ccc([C@H]2C(C(=O)Nc3cc(C)ccn3)=C(C)NC3=C2C(=O)CCC3)cc1. The normalized spacial score (nSPS) is 18.4. The van der Waals surface area contributed by atoms with Gasteiger partial charge >= 0.3 is 0 Å². The molecule has 6 heteroatoms. The molecule has 0 radical (unpaired) electrons. The van der Waals surface area contributed by atoms with E-state index in [9.17, 15) is 9.59 Å². The first-order valence-corrected chi connectivity index (χ1v) is 10.7. The summed E-state index contributed by atoms with van der Waals surface area (Å²) in [5.41, 5.74) is 4.84. The first kappa shape index (κ1) is 20.8. The van der Waals surface area contributed by atoms with Crippen LogP contribution in [0.2, 0.25) is 0 Å². The number of allylic oxidation sites excluding steroid dienone is 3. The molecule has 0 saturated carbocycles. The number of Topliss-reactive ketones (excluding diaryl/α,β-unsaturated/α-hetero) is 1. The summed E-state index contributed by atoms with van der Waals surface area (Å²) >= 11 is 0. The van der Waals surface area contributed by atoms with Gasteiger partial charge in [0.15, 0.2) is 5.78 Å². The van der Waals surface area contributed by atoms with Gasteiger partial charge in [0.05, 0.1) is 6.61 Å². The van der Waals surface area contributed by atoms with Crippen molar-refractivity contribution in [2.45, 2.75) is 46.0 Å². The van der Waals surface area contributed by atoms with Crippen LogP contribution in [0.1, 0.15) is 50.2 Å². The van der Waals surface area contributed by atoms with E-state index in [1.807, 2.05) is 57.2 Å². The minimum absolute atomic E-state index is 0.0964. The Morgan fingerprint density at radius 2 is 1.97 bits per heavy atom. The fourth-order valence-electron chi connectivity index (χ4n) is 4.33. The third-order valence-electron chi connectivity index (χ3n) is 5.70. The van der Waals surface area contributed by atoms with Crippen molar-refractivity contribution in [1.29, 1.82) is 0 Å². The Morgan fingerprint density at radius 3 is 2.68 bits per heavy atom. The van der Waals surface area contributed by atoms with Gasteiger partial charge < -0.3 is 15.4 Å². The molecule has 1 aromatic heterocycles. The number of ether oxygens (including phenoxy) is 1. The number of hydrogen-bond acceptors (Lipinski definition) is 5. The largest absolute Gasteiger partial charge is 0.494 e. The smallest absolute Gasteiger partial charge is 0.255 e. The highest BCUT2D eigenvalue weighted by Gasteiger charge is 2.38. The molecule has 2 heterocycles. The summed E-state index contributed by atoms with van der Waals surface area (Å²) in [7, 11) is 0. The van der Waals surface area contributed by atoms with E-state index in [1.54, 1.807) is 6.20 Å². The van der Waals surface area contributed by atoms with Gasteiger partial charge in [0.1, 0.15) is 11.6 Å². The van der Waals surface area contributed by atoms with Crippen LogP contribution in [-0.4, -0.2) is 23.3 Å². The van der Waals surface area contributed by atoms with E-state index in [2.05, 4.69) is 15.6 Å². The number of carbonyl (C=O) groups excluding carboxylic acids is 2. The topological polar surface area (TPSA) is 80.3 Å². The Morgan fingerprint density at radius 1 is 1.19 bits per heavy atom. The maximum Gasteiger partial charge on any atom is 0.255 e. The second-order valence-electron chi connectivity index (χ2n) is 7.94. The number of carbonyl (C=O) groups is 2. The van der Waals surface area contributed by atoms with Crippen LogP contribution in [-0.2, 0) is 9.59 Å². The number of anilines is 1. The Kier molecular flexibility index (Phi) is 5.89. The molecule has 1 atom stereocenters. The number of dihydropyridines is 1. The number of pyridine rings is 1. The first-order chi connectivity index (χ1) is 15.0. The van der Waals surface area contributed by atoms with Crippen LogP contribution in [0.3, 0.4) is 0 Å². The van der Waals surface area contributed by atoms with Crippen LogP contribution in [0, 0.1) is 6.92 Å². The molecule has 6 nitrogen and oxygen atoms in total. The van der Waals surface area contributed by atoms with Gasteiger partial charge in [-0.05, 0) is 69.0 Å². The number of hydrogen-bond donors (Lipinski definition) is 2. The molecule has 1 aromatic carbocycles. The number of aromatic nitrogens is 1. The number of aryl methyl sites for hydroxylation is 1. The zero-order valence-corrected chi connectivity index (χ0v) is 18.1. The summed E-state index contributed by atoms with van der Waals surface area (Å²) in [5, 5.41) is 6.26. The Bertz CT molecular complexity index is 1080. The standard InChI is InChI=1S/C25H27N3O3/c1-4-31-18-10-8-17(9-11-18)23-22(25(30)28-21-14-15(2)12-13-26-21)16(3)27-19-6-5-7-20(29)24(19)23/h8-14,23,27H,4-7H2,1-3H3,(H,26,28,30)/t23-/m0/s1. The van der Waals surface area contributed by atoms with Gasteiger partial charge in [-0.25, -0.2) is 4.98 Å². The van der Waals surface area contributed by atoms with Crippen molar-refractivity contribution in [3.8, 4) is 5.75 Å². The van der Waals surface area contributed by atoms with E-state index in [0.29, 0.717) is 30.0 Å². The second kappa shape index (κ2) is 8.76. The van der Waals surface area contributed by atoms with Crippen LogP contribution in [0.25, 0.3) is 0 Å². The van der Waals surface area contributed by atoms with E-state index >= 15 is 0 Å². The van der Waals surface area contributed by atoms with Crippen LogP contribution in [0.5, 0.6) is 5.75 Å². The lowest BCUT2D eigenvalue weighted by molar-refractivity contribution is -0.116. The zero-order valence-electron chi connectivity index (χ0n) is 18.1. The summed E-state index contributed by atoms with van der Waals surface area (Å²) in [6.45, 7) is 6.36. The van der Waals surface area contributed by atoms with Crippen LogP contribution in [0.4, 0.5) is 5.82 Å². The molecule has 1 aliphatic heterocycles. The van der Waals surface area contributed by atoms with E-state index in [-0.39, 0.29) is 11.7 Å². The molecule has 0 fully saturated rings. The van der Waals surface area contributed by atoms with Crippen molar-refractivity contribution in [1.82, 2.24) is 10.3 Å². The maximum absolute atomic E-state index is 13.4. The Balaban J connectivity index is 1.75. The maximum atomic E-state index is 13.4. The van der Waals surface area contributed by atoms with Crippen molar-refractivity contribution in [2.75, 3.05) is 11.9 Å². The fourth-order valence-corrected chi connectivity index (χ4v) is 4.33. The minimum Gasteiger partial charge on any atom is -0.494 e. The lowest BCUT2D eigenvalue weighted by Crippen LogP contribution is -2.35. The average molecular weight is 418 g/mol. The number of nitrogens with one attached hydrogen (secondary N) is 2. The monoisotopic (exact) mass is 417 g/mol. The molecule has 2 aliphatic rings. The third kappa shape index (κ3) is 4.24. The fraction of sp³-hybridized carbons (Fsp3) is 0.320. The van der Waals surface area contributed by atoms with Crippen molar-refractivity contribution in [3.63, 3.8) is 0 Å². The van der Waals surface area contributed by atoms with Crippen molar-refractivity contribution >= 4 is 17.5 Å². The number of amides is 1. The van der Waals surface area contributed by atoms with Gasteiger partial charge in [0.25, 0.3) is 5.91 Å². The quantitative estimate of drug-likeness (QED) is 0.754. The highest BCUT2D eigenvalue weighted by Crippen LogP contribution is 2.42.